The molecule has 0 aromatic heterocycles. The minimum atomic E-state index is -1.49. The van der Waals surface area contributed by atoms with Gasteiger partial charge in [-0.05, 0) is 56.9 Å². The first-order valence-electron chi connectivity index (χ1n) is 11.8. The highest BCUT2D eigenvalue weighted by atomic mass is 16.6. The molecule has 160 valence electrons. The molecule has 1 aliphatic heterocycles. The Morgan fingerprint density at radius 2 is 1.66 bits per heavy atom. The maximum absolute atomic E-state index is 13.1. The molecule has 3 fully saturated rings. The lowest BCUT2D eigenvalue weighted by Gasteiger charge is -2.42. The van der Waals surface area contributed by atoms with Crippen molar-refractivity contribution in [3.63, 3.8) is 0 Å². The molecule has 2 saturated carbocycles. The first-order valence-corrected chi connectivity index (χ1v) is 11.8. The van der Waals surface area contributed by atoms with Crippen molar-refractivity contribution < 1.29 is 14.6 Å². The van der Waals surface area contributed by atoms with Crippen LogP contribution in [0.1, 0.15) is 76.7 Å². The second-order valence-corrected chi connectivity index (χ2v) is 9.54. The van der Waals surface area contributed by atoms with Crippen LogP contribution in [0.2, 0.25) is 0 Å². The Hall–Kier alpha value is -1.39. The van der Waals surface area contributed by atoms with E-state index in [1.54, 1.807) is 0 Å². The molecule has 1 aromatic carbocycles. The summed E-state index contributed by atoms with van der Waals surface area (Å²) in [6.45, 7) is 4.36. The predicted molar refractivity (Wildman–Crippen MR) is 114 cm³/mol. The van der Waals surface area contributed by atoms with Gasteiger partial charge in [-0.15, -0.1) is 0 Å². The average Bonchev–Trinajstić information content (AvgIpc) is 2.73. The summed E-state index contributed by atoms with van der Waals surface area (Å²) >= 11 is 0. The molecule has 3 aliphatic rings. The van der Waals surface area contributed by atoms with Crippen molar-refractivity contribution in [3.05, 3.63) is 35.9 Å². The topological polar surface area (TPSA) is 49.8 Å². The van der Waals surface area contributed by atoms with Gasteiger partial charge in [0.15, 0.2) is 5.60 Å². The zero-order valence-electron chi connectivity index (χ0n) is 17.9. The second-order valence-electron chi connectivity index (χ2n) is 9.54. The molecule has 1 heterocycles. The quantitative estimate of drug-likeness (QED) is 0.708. The van der Waals surface area contributed by atoms with Crippen LogP contribution in [0.5, 0.6) is 0 Å². The second kappa shape index (κ2) is 9.18. The van der Waals surface area contributed by atoms with Crippen LogP contribution in [-0.4, -0.2) is 41.2 Å². The number of piperidine rings is 1. The van der Waals surface area contributed by atoms with Gasteiger partial charge in [-0.2, -0.15) is 0 Å². The molecule has 0 spiro atoms. The number of carbonyl (C=O) groups excluding carboxylic acids is 1. The van der Waals surface area contributed by atoms with E-state index in [1.165, 1.54) is 32.1 Å². The van der Waals surface area contributed by atoms with Crippen LogP contribution in [0.4, 0.5) is 0 Å². The molecule has 1 N–H and O–H groups in total. The molecule has 2 unspecified atom stereocenters. The summed E-state index contributed by atoms with van der Waals surface area (Å²) in [6.07, 6.45) is 11.4. The number of rotatable bonds is 6. The fourth-order valence-electron chi connectivity index (χ4n) is 5.60. The minimum Gasteiger partial charge on any atom is -0.460 e. The summed E-state index contributed by atoms with van der Waals surface area (Å²) in [6, 6.07) is 10.0. The van der Waals surface area contributed by atoms with Crippen LogP contribution >= 0.6 is 0 Å². The van der Waals surface area contributed by atoms with Crippen LogP contribution in [-0.2, 0) is 15.1 Å². The largest absolute Gasteiger partial charge is 0.460 e. The number of nitrogens with zero attached hydrogens (tertiary/aromatic N) is 1. The third-order valence-corrected chi connectivity index (χ3v) is 7.88. The van der Waals surface area contributed by atoms with Crippen LogP contribution in [0, 0.1) is 11.8 Å². The summed E-state index contributed by atoms with van der Waals surface area (Å²) < 4.78 is 5.93. The lowest BCUT2D eigenvalue weighted by molar-refractivity contribution is -0.186. The third kappa shape index (κ3) is 4.39. The summed E-state index contributed by atoms with van der Waals surface area (Å²) in [4.78, 5) is 15.7. The van der Waals surface area contributed by atoms with Gasteiger partial charge in [0.1, 0.15) is 6.10 Å². The molecular weight excluding hydrogens is 362 g/mol. The van der Waals surface area contributed by atoms with Crippen molar-refractivity contribution in [1.82, 2.24) is 4.90 Å². The van der Waals surface area contributed by atoms with Crippen LogP contribution in [0.3, 0.4) is 0 Å². The number of hydrogen-bond donors (Lipinski definition) is 1. The molecule has 1 saturated heterocycles. The Bertz CT molecular complexity index is 660. The number of ether oxygens (including phenoxy) is 1. The minimum absolute atomic E-state index is 0.0242. The first kappa shape index (κ1) is 20.9. The molecule has 2 aliphatic carbocycles. The van der Waals surface area contributed by atoms with E-state index in [4.69, 9.17) is 4.74 Å². The average molecular weight is 400 g/mol. The Kier molecular flexibility index (Phi) is 6.60. The number of esters is 1. The Balaban J connectivity index is 1.35. The summed E-state index contributed by atoms with van der Waals surface area (Å²) in [7, 11) is 0. The van der Waals surface area contributed by atoms with Crippen molar-refractivity contribution in [3.8, 4) is 0 Å². The Morgan fingerprint density at radius 3 is 2.24 bits per heavy atom. The highest BCUT2D eigenvalue weighted by Crippen LogP contribution is 2.43. The van der Waals surface area contributed by atoms with Gasteiger partial charge in [0.2, 0.25) is 0 Å². The highest BCUT2D eigenvalue weighted by molar-refractivity contribution is 5.82. The monoisotopic (exact) mass is 399 g/mol. The summed E-state index contributed by atoms with van der Waals surface area (Å²) in [5.74, 6) is 0.362. The van der Waals surface area contributed by atoms with Crippen LogP contribution in [0.25, 0.3) is 0 Å². The third-order valence-electron chi connectivity index (χ3n) is 7.88. The number of likely N-dealkylation sites (tertiary alicyclic amines) is 1. The van der Waals surface area contributed by atoms with Gasteiger partial charge in [0.05, 0.1) is 0 Å². The van der Waals surface area contributed by atoms with E-state index in [2.05, 4.69) is 11.8 Å². The maximum atomic E-state index is 13.1. The molecule has 0 amide bonds. The predicted octanol–water partition coefficient (Wildman–Crippen LogP) is 4.65. The maximum Gasteiger partial charge on any atom is 0.343 e. The normalized spacial score (nSPS) is 25.7. The van der Waals surface area contributed by atoms with Crippen molar-refractivity contribution in [2.45, 2.75) is 88.9 Å². The zero-order valence-corrected chi connectivity index (χ0v) is 17.9. The van der Waals surface area contributed by atoms with Crippen LogP contribution in [0.15, 0.2) is 30.3 Å². The van der Waals surface area contributed by atoms with Crippen molar-refractivity contribution >= 4 is 5.97 Å². The van der Waals surface area contributed by atoms with E-state index in [0.717, 1.165) is 51.1 Å². The molecule has 2 atom stereocenters. The van der Waals surface area contributed by atoms with E-state index in [9.17, 15) is 9.90 Å². The molecule has 29 heavy (non-hydrogen) atoms. The van der Waals surface area contributed by atoms with Gasteiger partial charge >= 0.3 is 5.97 Å². The number of benzene rings is 1. The smallest absolute Gasteiger partial charge is 0.343 e. The van der Waals surface area contributed by atoms with E-state index < -0.39 is 11.6 Å². The van der Waals surface area contributed by atoms with Gasteiger partial charge in [-0.3, -0.25) is 0 Å². The number of carbonyl (C=O) groups is 1. The molecule has 1 aromatic rings. The lowest BCUT2D eigenvalue weighted by atomic mass is 9.69. The van der Waals surface area contributed by atoms with Crippen molar-refractivity contribution in [1.29, 1.82) is 0 Å². The van der Waals surface area contributed by atoms with Gasteiger partial charge in [-0.1, -0.05) is 56.0 Å². The van der Waals surface area contributed by atoms with Crippen molar-refractivity contribution in [2.75, 3.05) is 13.1 Å². The van der Waals surface area contributed by atoms with Crippen molar-refractivity contribution in [2.24, 2.45) is 11.8 Å². The van der Waals surface area contributed by atoms with Gasteiger partial charge in [0.25, 0.3) is 0 Å². The van der Waals surface area contributed by atoms with Crippen LogP contribution < -0.4 is 0 Å². The fraction of sp³-hybridized carbons (Fsp3) is 0.720. The van der Waals surface area contributed by atoms with Gasteiger partial charge in [-0.25, -0.2) is 4.79 Å². The van der Waals surface area contributed by atoms with E-state index in [-0.39, 0.29) is 12.0 Å². The summed E-state index contributed by atoms with van der Waals surface area (Å²) in [5.41, 5.74) is -0.815. The molecular formula is C25H37NO3. The van der Waals surface area contributed by atoms with Gasteiger partial charge < -0.3 is 14.7 Å². The zero-order chi connectivity index (χ0) is 20.3. The Morgan fingerprint density at radius 1 is 1.00 bits per heavy atom. The lowest BCUT2D eigenvalue weighted by Crippen LogP contribution is -2.50. The van der Waals surface area contributed by atoms with E-state index >= 15 is 0 Å². The number of hydrogen-bond acceptors (Lipinski definition) is 4. The molecule has 0 bridgehead atoms. The Labute approximate surface area is 175 Å². The fourth-order valence-corrected chi connectivity index (χ4v) is 5.60. The number of aliphatic hydroxyl groups is 1. The molecule has 4 heteroatoms. The summed E-state index contributed by atoms with van der Waals surface area (Å²) in [5, 5.41) is 11.4. The first-order chi connectivity index (χ1) is 14.1. The highest BCUT2D eigenvalue weighted by Gasteiger charge is 2.50. The molecule has 4 rings (SSSR count). The SMILES string of the molecule is CC(C1CCCCC1)N1CCC(OC(=O)C(O)(c2ccccc2)C2CCC2)CC1. The van der Waals surface area contributed by atoms with Gasteiger partial charge in [0, 0.05) is 25.0 Å². The molecule has 0 radical (unpaired) electrons. The molecule has 4 nitrogen and oxygen atoms in total. The van der Waals surface area contributed by atoms with E-state index in [0.29, 0.717) is 11.6 Å². The standard InChI is InChI=1S/C25H37NO3/c1-19(20-9-4-2-5-10-20)26-17-15-23(16-18-26)29-24(27)25(28,22-13-8-14-22)21-11-6-3-7-12-21/h3,6-7,11-12,19-20,22-23,28H,2,4-5,8-10,13-18H2,1H3. The van der Waals surface area contributed by atoms with E-state index in [1.807, 2.05) is 30.3 Å².